The van der Waals surface area contributed by atoms with Crippen LogP contribution in [0.5, 0.6) is 0 Å². The lowest BCUT2D eigenvalue weighted by Gasteiger charge is -2.10. The largest absolute Gasteiger partial charge is 0.417 e. The fourth-order valence-electron chi connectivity index (χ4n) is 0.746. The first-order valence-corrected chi connectivity index (χ1v) is 5.04. The van der Waals surface area contributed by atoms with E-state index in [9.17, 15) is 13.3 Å². The van der Waals surface area contributed by atoms with Crippen LogP contribution in [0.15, 0.2) is 18.2 Å². The molecule has 78 valence electrons. The molecule has 4 N–H and O–H groups in total. The number of benzene rings is 1. The Morgan fingerprint density at radius 2 is 1.71 bits per heavy atom. The molecule has 0 radical (unpaired) electrons. The number of hydrogen-bond acceptors (Lipinski definition) is 2. The van der Waals surface area contributed by atoms with E-state index in [0.29, 0.717) is 0 Å². The predicted molar refractivity (Wildman–Crippen MR) is 45.2 cm³/mol. The number of anilines is 1. The average molecular weight is 224 g/mol. The van der Waals surface area contributed by atoms with Crippen molar-refractivity contribution in [3.63, 3.8) is 0 Å². The van der Waals surface area contributed by atoms with Crippen LogP contribution >= 0.6 is 7.75 Å². The minimum absolute atomic E-state index is 0.643. The van der Waals surface area contributed by atoms with E-state index in [1.165, 1.54) is 5.20 Å². The first-order chi connectivity index (χ1) is 6.40. The average Bonchev–Trinajstić information content (AvgIpc) is 2.01. The fourth-order valence-corrected chi connectivity index (χ4v) is 1.00. The quantitative estimate of drug-likeness (QED) is 0.454. The van der Waals surface area contributed by atoms with Crippen molar-refractivity contribution in [2.45, 2.75) is 0 Å². The van der Waals surface area contributed by atoms with Crippen LogP contribution in [0, 0.1) is 11.6 Å². The Hall–Kier alpha value is -1.01. The molecule has 0 aliphatic heterocycles. The summed E-state index contributed by atoms with van der Waals surface area (Å²) in [6, 6.07) is 3.03. The van der Waals surface area contributed by atoms with Gasteiger partial charge in [0.25, 0.3) is 0 Å². The van der Waals surface area contributed by atoms with E-state index >= 15 is 0 Å². The molecule has 0 atom stereocenters. The molecule has 8 heteroatoms. The van der Waals surface area contributed by atoms with Crippen molar-refractivity contribution in [1.82, 2.24) is 5.20 Å². The van der Waals surface area contributed by atoms with Crippen LogP contribution in [0.3, 0.4) is 0 Å². The summed E-state index contributed by atoms with van der Waals surface area (Å²) in [7, 11) is -4.57. The second-order valence-electron chi connectivity index (χ2n) is 2.38. The third kappa shape index (κ3) is 3.04. The van der Waals surface area contributed by atoms with Gasteiger partial charge in [0.1, 0.15) is 5.69 Å². The Balaban J connectivity index is 2.82. The minimum Gasteiger partial charge on any atom is -0.311 e. The molecular weight excluding hydrogens is 217 g/mol. The Bertz CT molecular complexity index is 361. The molecule has 0 bridgehead atoms. The zero-order chi connectivity index (χ0) is 10.8. The van der Waals surface area contributed by atoms with Gasteiger partial charge in [-0.25, -0.2) is 13.3 Å². The highest BCUT2D eigenvalue weighted by Gasteiger charge is 2.14. The Morgan fingerprint density at radius 3 is 2.14 bits per heavy atom. The van der Waals surface area contributed by atoms with Crippen molar-refractivity contribution < 1.29 is 23.1 Å². The maximum atomic E-state index is 12.8. The number of hydrogen-bond donors (Lipinski definition) is 4. The molecule has 0 amide bonds. The molecule has 0 spiro atoms. The summed E-state index contributed by atoms with van der Waals surface area (Å²) in [6.45, 7) is 0. The van der Waals surface area contributed by atoms with Gasteiger partial charge in [-0.2, -0.15) is 0 Å². The summed E-state index contributed by atoms with van der Waals surface area (Å²) < 4.78 is 36.0. The molecule has 14 heavy (non-hydrogen) atoms. The zero-order valence-electron chi connectivity index (χ0n) is 6.74. The Labute approximate surface area is 77.9 Å². The van der Waals surface area contributed by atoms with Gasteiger partial charge < -0.3 is 15.2 Å². The van der Waals surface area contributed by atoms with Crippen LogP contribution in [0.4, 0.5) is 14.5 Å². The lowest BCUT2D eigenvalue weighted by molar-refractivity contribution is 0.362. The second kappa shape index (κ2) is 4.02. The van der Waals surface area contributed by atoms with Gasteiger partial charge in [0, 0.05) is 0 Å². The van der Waals surface area contributed by atoms with Crippen LogP contribution in [0.2, 0.25) is 0 Å². The first-order valence-electron chi connectivity index (χ1n) is 3.43. The van der Waals surface area contributed by atoms with Crippen LogP contribution in [-0.2, 0) is 4.57 Å². The lowest BCUT2D eigenvalue weighted by Crippen LogP contribution is -2.19. The molecule has 5 nitrogen and oxygen atoms in total. The van der Waals surface area contributed by atoms with Gasteiger partial charge in [0.2, 0.25) is 0 Å². The summed E-state index contributed by atoms with van der Waals surface area (Å²) in [6.07, 6.45) is 0. The summed E-state index contributed by atoms with van der Waals surface area (Å²) in [5.41, 5.74) is 1.12. The van der Waals surface area contributed by atoms with E-state index in [0.717, 1.165) is 18.2 Å². The van der Waals surface area contributed by atoms with Gasteiger partial charge in [-0.3, -0.25) is 0 Å². The molecule has 0 aromatic heterocycles. The van der Waals surface area contributed by atoms with Crippen LogP contribution in [0.1, 0.15) is 0 Å². The molecule has 0 saturated heterocycles. The summed E-state index contributed by atoms with van der Waals surface area (Å²) >= 11 is 0. The molecular formula is C6H7F2N2O3P. The van der Waals surface area contributed by atoms with Gasteiger partial charge in [-0.1, -0.05) is 6.07 Å². The molecule has 0 unspecified atom stereocenters. The maximum Gasteiger partial charge on any atom is 0.417 e. The third-order valence-corrected chi connectivity index (χ3v) is 1.69. The normalized spacial score (nSPS) is 11.4. The number of para-hydroxylation sites is 1. The fraction of sp³-hybridized carbons (Fsp3) is 0. The van der Waals surface area contributed by atoms with Crippen molar-refractivity contribution in [1.29, 1.82) is 0 Å². The van der Waals surface area contributed by atoms with E-state index in [1.54, 1.807) is 5.43 Å². The highest BCUT2D eigenvalue weighted by Crippen LogP contribution is 2.28. The second-order valence-corrected chi connectivity index (χ2v) is 3.69. The third-order valence-electron chi connectivity index (χ3n) is 1.29. The number of hydrazine groups is 1. The van der Waals surface area contributed by atoms with Crippen molar-refractivity contribution in [3.8, 4) is 0 Å². The molecule has 0 saturated carbocycles. The molecule has 1 aromatic carbocycles. The van der Waals surface area contributed by atoms with Crippen molar-refractivity contribution in [2.24, 2.45) is 0 Å². The Kier molecular flexibility index (Phi) is 3.17. The summed E-state index contributed by atoms with van der Waals surface area (Å²) in [4.78, 5) is 16.7. The van der Waals surface area contributed by atoms with E-state index in [2.05, 4.69) is 0 Å². The molecule has 0 fully saturated rings. The van der Waals surface area contributed by atoms with Crippen LogP contribution in [-0.4, -0.2) is 9.79 Å². The maximum absolute atomic E-state index is 12.8. The van der Waals surface area contributed by atoms with Gasteiger partial charge >= 0.3 is 7.75 Å². The van der Waals surface area contributed by atoms with Gasteiger partial charge in [-0.05, 0) is 12.1 Å². The van der Waals surface area contributed by atoms with E-state index in [1.807, 2.05) is 0 Å². The van der Waals surface area contributed by atoms with Crippen LogP contribution in [0.25, 0.3) is 0 Å². The number of rotatable bonds is 3. The van der Waals surface area contributed by atoms with Gasteiger partial charge in [-0.15, -0.1) is 5.20 Å². The zero-order valence-corrected chi connectivity index (χ0v) is 7.63. The minimum atomic E-state index is -4.57. The van der Waals surface area contributed by atoms with E-state index < -0.39 is 25.1 Å². The smallest absolute Gasteiger partial charge is 0.311 e. The molecule has 1 aromatic rings. The lowest BCUT2D eigenvalue weighted by atomic mass is 10.3. The highest BCUT2D eigenvalue weighted by atomic mass is 31.2. The number of nitrogens with one attached hydrogen (secondary N) is 2. The predicted octanol–water partition coefficient (Wildman–Crippen LogP) is 0.974. The highest BCUT2D eigenvalue weighted by molar-refractivity contribution is 7.49. The standard InChI is InChI=1S/C6H7F2N2O3P/c7-4-2-1-3-5(8)6(4)9-10-14(11,12)13/h1-3,9H,(H3,10,11,12,13). The van der Waals surface area contributed by atoms with Gasteiger partial charge in [0.05, 0.1) is 0 Å². The Morgan fingerprint density at radius 1 is 1.21 bits per heavy atom. The summed E-state index contributed by atoms with van der Waals surface area (Å²) in [5, 5.41) is 1.46. The summed E-state index contributed by atoms with van der Waals surface area (Å²) in [5.74, 6) is -1.91. The molecule has 0 aliphatic rings. The first kappa shape index (κ1) is 11.1. The monoisotopic (exact) mass is 224 g/mol. The molecule has 1 rings (SSSR count). The number of halogens is 2. The van der Waals surface area contributed by atoms with Crippen LogP contribution < -0.4 is 10.6 Å². The molecule has 0 aliphatic carbocycles. The molecule has 0 heterocycles. The SMILES string of the molecule is O=P(O)(O)NNc1c(F)cccc1F. The van der Waals surface area contributed by atoms with E-state index in [4.69, 9.17) is 9.79 Å². The van der Waals surface area contributed by atoms with Crippen molar-refractivity contribution >= 4 is 13.4 Å². The van der Waals surface area contributed by atoms with Crippen molar-refractivity contribution in [2.75, 3.05) is 5.43 Å². The van der Waals surface area contributed by atoms with Crippen molar-refractivity contribution in [3.05, 3.63) is 29.8 Å². The van der Waals surface area contributed by atoms with E-state index in [-0.39, 0.29) is 0 Å². The van der Waals surface area contributed by atoms with Gasteiger partial charge in [0.15, 0.2) is 11.6 Å². The topological polar surface area (TPSA) is 81.6 Å².